The summed E-state index contributed by atoms with van der Waals surface area (Å²) >= 11 is 2.46. The molecular formula is C12H16N2O3S3. The summed E-state index contributed by atoms with van der Waals surface area (Å²) in [5.41, 5.74) is 0.714. The first-order chi connectivity index (χ1) is 9.24. The van der Waals surface area contributed by atoms with Gasteiger partial charge in [-0.05, 0) is 11.4 Å². The van der Waals surface area contributed by atoms with Crippen molar-refractivity contribution in [1.29, 1.82) is 0 Å². The molecule has 0 unspecified atom stereocenters. The molecule has 2 N–H and O–H groups in total. The monoisotopic (exact) mass is 332 g/mol. The quantitative estimate of drug-likeness (QED) is 0.902. The largest absolute Gasteiger partial charge is 0.391 e. The molecular weight excluding hydrogens is 316 g/mol. The number of rotatable bonds is 4. The molecule has 2 heterocycles. The van der Waals surface area contributed by atoms with E-state index in [1.165, 1.54) is 28.7 Å². The van der Waals surface area contributed by atoms with Crippen molar-refractivity contribution in [3.05, 3.63) is 27.4 Å². The standard InChI is InChI=1S/C12H16N2O3S3/c1-12(2,3)10-7-19-11(13-10)14-20(16,17)9-4-5-18-8(9)6-15/h4-5,7,15H,6H2,1-3H3,(H,13,14). The molecule has 2 aromatic rings. The van der Waals surface area contributed by atoms with E-state index in [-0.39, 0.29) is 16.9 Å². The summed E-state index contributed by atoms with van der Waals surface area (Å²) < 4.78 is 27.0. The Morgan fingerprint density at radius 2 is 2.05 bits per heavy atom. The minimum absolute atomic E-state index is 0.109. The van der Waals surface area contributed by atoms with Gasteiger partial charge in [-0.1, -0.05) is 20.8 Å². The first-order valence-corrected chi connectivity index (χ1v) is 9.14. The predicted octanol–water partition coefficient (Wildman–Crippen LogP) is 2.80. The maximum absolute atomic E-state index is 12.3. The number of aliphatic hydroxyl groups excluding tert-OH is 1. The summed E-state index contributed by atoms with van der Waals surface area (Å²) in [6, 6.07) is 1.48. The van der Waals surface area contributed by atoms with Crippen molar-refractivity contribution in [3.63, 3.8) is 0 Å². The highest BCUT2D eigenvalue weighted by Gasteiger charge is 2.23. The molecule has 0 spiro atoms. The van der Waals surface area contributed by atoms with Gasteiger partial charge in [0.05, 0.1) is 17.2 Å². The number of nitrogens with zero attached hydrogens (tertiary/aromatic N) is 1. The van der Waals surface area contributed by atoms with E-state index in [0.29, 0.717) is 10.0 Å². The van der Waals surface area contributed by atoms with E-state index < -0.39 is 10.0 Å². The lowest BCUT2D eigenvalue weighted by Crippen LogP contribution is -2.15. The summed E-state index contributed by atoms with van der Waals surface area (Å²) in [6.07, 6.45) is 0. The molecule has 0 aromatic carbocycles. The van der Waals surface area contributed by atoms with Gasteiger partial charge in [0.25, 0.3) is 10.0 Å². The third-order valence-electron chi connectivity index (χ3n) is 2.63. The van der Waals surface area contributed by atoms with Gasteiger partial charge in [0, 0.05) is 10.8 Å². The minimum Gasteiger partial charge on any atom is -0.391 e. The van der Waals surface area contributed by atoms with E-state index >= 15 is 0 Å². The molecule has 8 heteroatoms. The molecule has 2 rings (SSSR count). The van der Waals surface area contributed by atoms with Crippen molar-refractivity contribution in [3.8, 4) is 0 Å². The molecule has 0 aliphatic heterocycles. The Hall–Kier alpha value is -0.960. The Kier molecular flexibility index (Phi) is 4.19. The van der Waals surface area contributed by atoms with Crippen LogP contribution in [-0.4, -0.2) is 18.5 Å². The van der Waals surface area contributed by atoms with Gasteiger partial charge in [0.15, 0.2) is 5.13 Å². The Bertz CT molecular complexity index is 696. The van der Waals surface area contributed by atoms with Crippen molar-refractivity contribution >= 4 is 37.8 Å². The SMILES string of the molecule is CC(C)(C)c1csc(NS(=O)(=O)c2ccsc2CO)n1. The highest BCUT2D eigenvalue weighted by atomic mass is 32.2. The van der Waals surface area contributed by atoms with E-state index in [2.05, 4.69) is 9.71 Å². The van der Waals surface area contributed by atoms with Crippen LogP contribution in [0.4, 0.5) is 5.13 Å². The average Bonchev–Trinajstić information content (AvgIpc) is 2.94. The maximum atomic E-state index is 12.3. The lowest BCUT2D eigenvalue weighted by atomic mass is 9.93. The summed E-state index contributed by atoms with van der Waals surface area (Å²) in [6.45, 7) is 5.76. The molecule has 20 heavy (non-hydrogen) atoms. The van der Waals surface area contributed by atoms with Gasteiger partial charge >= 0.3 is 0 Å². The number of thiazole rings is 1. The third kappa shape index (κ3) is 3.20. The van der Waals surface area contributed by atoms with Crippen LogP contribution in [0.3, 0.4) is 0 Å². The molecule has 0 fully saturated rings. The summed E-state index contributed by atoms with van der Waals surface area (Å²) in [5, 5.41) is 13.0. The van der Waals surface area contributed by atoms with Gasteiger partial charge in [0.1, 0.15) is 4.90 Å². The number of hydrogen-bond acceptors (Lipinski definition) is 6. The van der Waals surface area contributed by atoms with E-state index in [1.54, 1.807) is 5.38 Å². The van der Waals surface area contributed by atoms with Gasteiger partial charge in [0.2, 0.25) is 0 Å². The number of aromatic nitrogens is 1. The number of hydrogen-bond donors (Lipinski definition) is 2. The zero-order valence-electron chi connectivity index (χ0n) is 11.4. The van der Waals surface area contributed by atoms with Crippen LogP contribution >= 0.6 is 22.7 Å². The van der Waals surface area contributed by atoms with Crippen molar-refractivity contribution in [2.75, 3.05) is 4.72 Å². The molecule has 0 aliphatic rings. The van der Waals surface area contributed by atoms with Crippen LogP contribution < -0.4 is 4.72 Å². The van der Waals surface area contributed by atoms with Gasteiger partial charge in [-0.3, -0.25) is 4.72 Å². The molecule has 110 valence electrons. The Balaban J connectivity index is 2.27. The molecule has 0 aliphatic carbocycles. The van der Waals surface area contributed by atoms with Gasteiger partial charge < -0.3 is 5.11 Å². The van der Waals surface area contributed by atoms with E-state index in [0.717, 1.165) is 5.69 Å². The van der Waals surface area contributed by atoms with Crippen molar-refractivity contribution in [2.45, 2.75) is 37.7 Å². The second-order valence-corrected chi connectivity index (χ2v) is 8.77. The fraction of sp³-hybridized carbons (Fsp3) is 0.417. The smallest absolute Gasteiger partial charge is 0.264 e. The highest BCUT2D eigenvalue weighted by molar-refractivity contribution is 7.93. The fourth-order valence-electron chi connectivity index (χ4n) is 1.52. The molecule has 0 saturated carbocycles. The minimum atomic E-state index is -3.70. The van der Waals surface area contributed by atoms with Crippen LogP contribution in [0, 0.1) is 0 Å². The Labute approximate surface area is 126 Å². The first kappa shape index (κ1) is 15.4. The predicted molar refractivity (Wildman–Crippen MR) is 81.9 cm³/mol. The maximum Gasteiger partial charge on any atom is 0.264 e. The second kappa shape index (κ2) is 5.44. The van der Waals surface area contributed by atoms with Gasteiger partial charge in [-0.2, -0.15) is 0 Å². The van der Waals surface area contributed by atoms with Crippen molar-refractivity contribution < 1.29 is 13.5 Å². The second-order valence-electron chi connectivity index (χ2n) is 5.26. The zero-order valence-corrected chi connectivity index (χ0v) is 13.8. The van der Waals surface area contributed by atoms with Crippen LogP contribution in [0.2, 0.25) is 0 Å². The molecule has 0 saturated heterocycles. The number of sulfonamides is 1. The third-order valence-corrected chi connectivity index (χ3v) is 5.98. The van der Waals surface area contributed by atoms with Crippen molar-refractivity contribution in [1.82, 2.24) is 4.98 Å². The summed E-state index contributed by atoms with van der Waals surface area (Å²) in [5.74, 6) is 0. The zero-order chi connectivity index (χ0) is 15.0. The Morgan fingerprint density at radius 3 is 2.60 bits per heavy atom. The van der Waals surface area contributed by atoms with Gasteiger partial charge in [-0.15, -0.1) is 22.7 Å². The first-order valence-electron chi connectivity index (χ1n) is 5.90. The number of aliphatic hydroxyl groups is 1. The van der Waals surface area contributed by atoms with Crippen LogP contribution in [-0.2, 0) is 22.0 Å². The molecule has 0 atom stereocenters. The Morgan fingerprint density at radius 1 is 1.35 bits per heavy atom. The summed E-state index contributed by atoms with van der Waals surface area (Å²) in [4.78, 5) is 4.83. The molecule has 0 bridgehead atoms. The highest BCUT2D eigenvalue weighted by Crippen LogP contribution is 2.29. The molecule has 5 nitrogen and oxygen atoms in total. The lowest BCUT2D eigenvalue weighted by molar-refractivity contribution is 0.282. The topological polar surface area (TPSA) is 79.3 Å². The number of thiophene rings is 1. The number of nitrogens with one attached hydrogen (secondary N) is 1. The average molecular weight is 332 g/mol. The molecule has 0 radical (unpaired) electrons. The molecule has 2 aromatic heterocycles. The number of anilines is 1. The van der Waals surface area contributed by atoms with Crippen molar-refractivity contribution in [2.24, 2.45) is 0 Å². The van der Waals surface area contributed by atoms with Crippen LogP contribution in [0.15, 0.2) is 21.7 Å². The van der Waals surface area contributed by atoms with E-state index in [4.69, 9.17) is 5.11 Å². The van der Waals surface area contributed by atoms with E-state index in [1.807, 2.05) is 26.2 Å². The lowest BCUT2D eigenvalue weighted by Gasteiger charge is -2.14. The van der Waals surface area contributed by atoms with Crippen LogP contribution in [0.1, 0.15) is 31.3 Å². The summed E-state index contributed by atoms with van der Waals surface area (Å²) in [7, 11) is -3.70. The van der Waals surface area contributed by atoms with Crippen LogP contribution in [0.25, 0.3) is 0 Å². The van der Waals surface area contributed by atoms with Gasteiger partial charge in [-0.25, -0.2) is 13.4 Å². The fourth-order valence-corrected chi connectivity index (χ4v) is 5.00. The van der Waals surface area contributed by atoms with Crippen LogP contribution in [0.5, 0.6) is 0 Å². The molecule has 0 amide bonds. The normalized spacial score (nSPS) is 12.6. The van der Waals surface area contributed by atoms with E-state index in [9.17, 15) is 8.42 Å².